The van der Waals surface area contributed by atoms with Crippen LogP contribution in [0.2, 0.25) is 0 Å². The quantitative estimate of drug-likeness (QED) is 0.0205. The van der Waals surface area contributed by atoms with E-state index in [1.807, 2.05) is 33.3 Å². The number of likely N-dealkylation sites (N-methyl/N-ethyl adjacent to an activating group) is 1. The molecule has 0 aromatic heterocycles. The van der Waals surface area contributed by atoms with Gasteiger partial charge in [0.05, 0.1) is 33.8 Å². The van der Waals surface area contributed by atoms with Gasteiger partial charge in [0.25, 0.3) is 0 Å². The summed E-state index contributed by atoms with van der Waals surface area (Å²) in [7, 11) is 1.50. The number of rotatable bonds is 55. The van der Waals surface area contributed by atoms with E-state index in [-0.39, 0.29) is 31.5 Å². The average molecular weight is 1030 g/mol. The van der Waals surface area contributed by atoms with Gasteiger partial charge in [0, 0.05) is 12.8 Å². The molecule has 0 aromatic rings. The molecule has 10 heteroatoms. The van der Waals surface area contributed by atoms with Crippen molar-refractivity contribution in [2.45, 2.75) is 296 Å². The first-order chi connectivity index (χ1) is 34.9. The molecule has 0 radical (unpaired) electrons. The molecular formula is C62H118N2O7P+. The maximum atomic E-state index is 13.5. The zero-order valence-electron chi connectivity index (χ0n) is 48.2. The molecule has 0 aromatic carbocycles. The number of nitrogens with one attached hydrogen (secondary N) is 1. The lowest BCUT2D eigenvalue weighted by Crippen LogP contribution is -2.47. The zero-order chi connectivity index (χ0) is 52.9. The number of nitrogens with zero attached hydrogens (tertiary/aromatic N) is 1. The van der Waals surface area contributed by atoms with Crippen LogP contribution in [0.1, 0.15) is 284 Å². The lowest BCUT2D eigenvalue weighted by Gasteiger charge is -2.27. The van der Waals surface area contributed by atoms with Gasteiger partial charge in [-0.2, -0.15) is 0 Å². The van der Waals surface area contributed by atoms with Crippen LogP contribution >= 0.6 is 7.82 Å². The fourth-order valence-corrected chi connectivity index (χ4v) is 9.51. The van der Waals surface area contributed by atoms with Gasteiger partial charge in [-0.25, -0.2) is 4.57 Å². The highest BCUT2D eigenvalue weighted by molar-refractivity contribution is 7.47. The SMILES string of the molecule is CCCCC/C=C\C/C=C\C/C=C\CCCCCCCCCCC(=O)OC(/C=C/CCCCCCCCCCC)C(COP(=O)(O)OCC[N+](C)(C)C)NC(=O)CCCCCCCCCCCCCCCC. The molecule has 3 atom stereocenters. The molecule has 9 nitrogen and oxygen atoms in total. The monoisotopic (exact) mass is 1030 g/mol. The smallest absolute Gasteiger partial charge is 0.456 e. The first-order valence-corrected chi connectivity index (χ1v) is 32.0. The van der Waals surface area contributed by atoms with Gasteiger partial charge in [0.1, 0.15) is 19.3 Å². The standard InChI is InChI=1S/C62H117N2O7P/c1-7-10-13-16-19-22-25-27-29-30-31-32-33-34-35-37-40-43-46-49-52-55-62(66)71-60(53-50-47-44-41-38-24-21-18-15-12-9-3)59(58-70-72(67,68)69-57-56-64(4,5)6)63-61(65)54-51-48-45-42-39-36-28-26-23-20-17-14-11-8-2/h19,22,27,29,31-32,50,53,59-60H,7-18,20-21,23-26,28,30,33-49,51-52,54-58H2,1-6H3,(H-,63,65,67,68)/p+1/b22-19-,29-27-,32-31-,53-50+. The Morgan fingerprint density at radius 2 is 0.847 bits per heavy atom. The number of allylic oxidation sites excluding steroid dienone is 7. The summed E-state index contributed by atoms with van der Waals surface area (Å²) in [5, 5.41) is 3.05. The minimum absolute atomic E-state index is 0.0400. The first kappa shape index (κ1) is 70.0. The highest BCUT2D eigenvalue weighted by Gasteiger charge is 2.30. The fourth-order valence-electron chi connectivity index (χ4n) is 8.77. The first-order valence-electron chi connectivity index (χ1n) is 30.5. The number of quaternary nitrogens is 1. The Morgan fingerprint density at radius 3 is 1.29 bits per heavy atom. The summed E-state index contributed by atoms with van der Waals surface area (Å²) >= 11 is 0. The minimum atomic E-state index is -4.44. The van der Waals surface area contributed by atoms with Crippen molar-refractivity contribution < 1.29 is 37.3 Å². The fraction of sp³-hybridized carbons (Fsp3) is 0.839. The van der Waals surface area contributed by atoms with Crippen LogP contribution in [0.3, 0.4) is 0 Å². The van der Waals surface area contributed by atoms with Gasteiger partial charge in [-0.3, -0.25) is 18.6 Å². The van der Waals surface area contributed by atoms with Crippen molar-refractivity contribution in [2.75, 3.05) is 40.9 Å². The van der Waals surface area contributed by atoms with E-state index in [0.717, 1.165) is 83.5 Å². The Balaban J connectivity index is 5.21. The maximum absolute atomic E-state index is 13.5. The number of phosphoric acid groups is 1. The predicted molar refractivity (Wildman–Crippen MR) is 309 cm³/mol. The summed E-state index contributed by atoms with van der Waals surface area (Å²) in [6.07, 6.45) is 63.8. The Labute approximate surface area is 446 Å². The number of carbonyl (C=O) groups is 2. The summed E-state index contributed by atoms with van der Waals surface area (Å²) in [4.78, 5) is 37.6. The van der Waals surface area contributed by atoms with E-state index in [4.69, 9.17) is 13.8 Å². The van der Waals surface area contributed by atoms with E-state index in [2.05, 4.69) is 62.5 Å². The van der Waals surface area contributed by atoms with E-state index in [1.54, 1.807) is 0 Å². The molecular weight excluding hydrogens is 916 g/mol. The second-order valence-electron chi connectivity index (χ2n) is 21.9. The van der Waals surface area contributed by atoms with E-state index in [0.29, 0.717) is 17.4 Å². The van der Waals surface area contributed by atoms with E-state index in [1.165, 1.54) is 167 Å². The molecule has 2 N–H and O–H groups in total. The van der Waals surface area contributed by atoms with Crippen LogP contribution < -0.4 is 5.32 Å². The Bertz CT molecular complexity index is 1380. The van der Waals surface area contributed by atoms with Crippen molar-refractivity contribution in [2.24, 2.45) is 0 Å². The van der Waals surface area contributed by atoms with Gasteiger partial charge >= 0.3 is 13.8 Å². The second kappa shape index (κ2) is 52.4. The molecule has 0 rings (SSSR count). The van der Waals surface area contributed by atoms with Gasteiger partial charge < -0.3 is 19.4 Å². The van der Waals surface area contributed by atoms with Gasteiger partial charge in [0.15, 0.2) is 0 Å². The van der Waals surface area contributed by atoms with Gasteiger partial charge in [-0.05, 0) is 70.3 Å². The molecule has 0 saturated heterocycles. The minimum Gasteiger partial charge on any atom is -0.456 e. The van der Waals surface area contributed by atoms with Crippen LogP contribution in [0, 0.1) is 0 Å². The van der Waals surface area contributed by atoms with Gasteiger partial charge in [-0.15, -0.1) is 0 Å². The number of esters is 1. The molecule has 0 saturated carbocycles. The summed E-state index contributed by atoms with van der Waals surface area (Å²) in [5.74, 6) is -0.505. The molecule has 3 unspecified atom stereocenters. The number of hydrogen-bond donors (Lipinski definition) is 2. The molecule has 0 aliphatic carbocycles. The maximum Gasteiger partial charge on any atom is 0.472 e. The molecule has 0 aliphatic heterocycles. The van der Waals surface area contributed by atoms with Crippen LogP contribution in [-0.4, -0.2) is 74.3 Å². The highest BCUT2D eigenvalue weighted by atomic mass is 31.2. The largest absolute Gasteiger partial charge is 0.472 e. The highest BCUT2D eigenvalue weighted by Crippen LogP contribution is 2.43. The van der Waals surface area contributed by atoms with Crippen LogP contribution in [0.15, 0.2) is 48.6 Å². The zero-order valence-corrected chi connectivity index (χ0v) is 49.1. The summed E-state index contributed by atoms with van der Waals surface area (Å²) in [5.41, 5.74) is 0. The molecule has 0 fully saturated rings. The number of unbranched alkanes of at least 4 members (excludes halogenated alkanes) is 33. The molecule has 0 bridgehead atoms. The van der Waals surface area contributed by atoms with E-state index in [9.17, 15) is 19.0 Å². The molecule has 1 amide bonds. The number of hydrogen-bond acceptors (Lipinski definition) is 6. The Hall–Kier alpha value is -2.03. The topological polar surface area (TPSA) is 111 Å². The van der Waals surface area contributed by atoms with Crippen molar-refractivity contribution in [1.82, 2.24) is 5.32 Å². The average Bonchev–Trinajstić information content (AvgIpc) is 3.34. The van der Waals surface area contributed by atoms with Crippen LogP contribution in [-0.2, 0) is 27.9 Å². The molecule has 0 heterocycles. The van der Waals surface area contributed by atoms with E-state index < -0.39 is 20.0 Å². The number of carbonyl (C=O) groups excluding carboxylic acids is 2. The van der Waals surface area contributed by atoms with Crippen molar-refractivity contribution >= 4 is 19.7 Å². The Kier molecular flexibility index (Phi) is 50.9. The van der Waals surface area contributed by atoms with Gasteiger partial charge in [-0.1, -0.05) is 250 Å². The molecule has 72 heavy (non-hydrogen) atoms. The molecule has 422 valence electrons. The van der Waals surface area contributed by atoms with Crippen LogP contribution in [0.4, 0.5) is 0 Å². The third kappa shape index (κ3) is 52.8. The summed E-state index contributed by atoms with van der Waals surface area (Å²) < 4.78 is 30.6. The second-order valence-corrected chi connectivity index (χ2v) is 23.3. The van der Waals surface area contributed by atoms with E-state index >= 15 is 0 Å². The summed E-state index contributed by atoms with van der Waals surface area (Å²) in [6, 6.07) is -0.848. The van der Waals surface area contributed by atoms with Crippen molar-refractivity contribution in [3.8, 4) is 0 Å². The van der Waals surface area contributed by atoms with Crippen LogP contribution in [0.5, 0.6) is 0 Å². The lowest BCUT2D eigenvalue weighted by molar-refractivity contribution is -0.870. The van der Waals surface area contributed by atoms with Crippen molar-refractivity contribution in [1.29, 1.82) is 0 Å². The normalized spacial score (nSPS) is 14.0. The third-order valence-corrected chi connectivity index (χ3v) is 14.5. The van der Waals surface area contributed by atoms with Crippen molar-refractivity contribution in [3.05, 3.63) is 48.6 Å². The van der Waals surface area contributed by atoms with Crippen molar-refractivity contribution in [3.63, 3.8) is 0 Å². The predicted octanol–water partition coefficient (Wildman–Crippen LogP) is 18.5. The van der Waals surface area contributed by atoms with Gasteiger partial charge in [0.2, 0.25) is 5.91 Å². The number of amides is 1. The van der Waals surface area contributed by atoms with Crippen LogP contribution in [0.25, 0.3) is 0 Å². The summed E-state index contributed by atoms with van der Waals surface area (Å²) in [6.45, 7) is 6.99. The number of phosphoric ester groups is 1. The Morgan fingerprint density at radius 1 is 0.486 bits per heavy atom. The molecule has 0 aliphatic rings. The molecule has 0 spiro atoms. The lowest BCUT2D eigenvalue weighted by atomic mass is 10.0. The number of ether oxygens (including phenoxy) is 1. The third-order valence-electron chi connectivity index (χ3n) is 13.5.